The summed E-state index contributed by atoms with van der Waals surface area (Å²) in [4.78, 5) is 11.2. The van der Waals surface area contributed by atoms with Crippen molar-refractivity contribution in [2.24, 2.45) is 0 Å². The Labute approximate surface area is 115 Å². The maximum atomic E-state index is 11.2. The van der Waals surface area contributed by atoms with Crippen molar-refractivity contribution in [3.05, 3.63) is 0 Å². The van der Waals surface area contributed by atoms with Crippen molar-refractivity contribution < 1.29 is 24.9 Å². The van der Waals surface area contributed by atoms with Crippen molar-refractivity contribution in [3.8, 4) is 0 Å². The number of hydrogen-bond donors (Lipinski definition) is 3. The van der Waals surface area contributed by atoms with E-state index in [2.05, 4.69) is 6.92 Å². The summed E-state index contributed by atoms with van der Waals surface area (Å²) in [7, 11) is 0. The molecule has 0 fully saturated rings. The van der Waals surface area contributed by atoms with Crippen LogP contribution in [0.4, 0.5) is 0 Å². The maximum Gasteiger partial charge on any atom is 0.305 e. The standard InChI is InChI=1S/C14H28O5/c1-2-3-4-5-7-12(16)8-6-9-14(18)19-11-13(17)10-15/h12-13,15-17H,2-11H2,1H3. The monoisotopic (exact) mass is 276 g/mol. The van der Waals surface area contributed by atoms with Gasteiger partial charge in [-0.15, -0.1) is 0 Å². The number of hydrogen-bond acceptors (Lipinski definition) is 5. The summed E-state index contributed by atoms with van der Waals surface area (Å²) >= 11 is 0. The van der Waals surface area contributed by atoms with Gasteiger partial charge in [-0.05, 0) is 19.3 Å². The number of carbonyl (C=O) groups is 1. The summed E-state index contributed by atoms with van der Waals surface area (Å²) in [6.45, 7) is 1.56. The zero-order valence-electron chi connectivity index (χ0n) is 11.9. The van der Waals surface area contributed by atoms with E-state index in [9.17, 15) is 9.90 Å². The summed E-state index contributed by atoms with van der Waals surface area (Å²) in [5, 5.41) is 27.2. The van der Waals surface area contributed by atoms with E-state index in [1.54, 1.807) is 0 Å². The van der Waals surface area contributed by atoms with Gasteiger partial charge in [0.05, 0.1) is 12.7 Å². The van der Waals surface area contributed by atoms with Gasteiger partial charge in [0, 0.05) is 6.42 Å². The molecule has 0 saturated carbocycles. The van der Waals surface area contributed by atoms with E-state index in [4.69, 9.17) is 14.9 Å². The predicted octanol–water partition coefficient (Wildman–Crippen LogP) is 1.38. The van der Waals surface area contributed by atoms with E-state index in [1.165, 1.54) is 12.8 Å². The van der Waals surface area contributed by atoms with Crippen LogP contribution >= 0.6 is 0 Å². The third-order valence-corrected chi connectivity index (χ3v) is 2.96. The molecule has 114 valence electrons. The molecule has 0 amide bonds. The minimum Gasteiger partial charge on any atom is -0.463 e. The van der Waals surface area contributed by atoms with Crippen molar-refractivity contribution in [3.63, 3.8) is 0 Å². The molecule has 0 heterocycles. The van der Waals surface area contributed by atoms with Crippen LogP contribution in [0.5, 0.6) is 0 Å². The van der Waals surface area contributed by atoms with Gasteiger partial charge < -0.3 is 20.1 Å². The molecule has 0 saturated heterocycles. The molecule has 0 aromatic heterocycles. The van der Waals surface area contributed by atoms with Gasteiger partial charge in [0.25, 0.3) is 0 Å². The van der Waals surface area contributed by atoms with Gasteiger partial charge in [-0.3, -0.25) is 4.79 Å². The first-order valence-electron chi connectivity index (χ1n) is 7.22. The molecule has 0 aliphatic rings. The van der Waals surface area contributed by atoms with Crippen LogP contribution in [0.25, 0.3) is 0 Å². The van der Waals surface area contributed by atoms with Crippen LogP contribution in [0.2, 0.25) is 0 Å². The first kappa shape index (κ1) is 18.4. The number of aliphatic hydroxyl groups excluding tert-OH is 3. The van der Waals surface area contributed by atoms with Crippen LogP contribution in [-0.2, 0) is 9.53 Å². The predicted molar refractivity (Wildman–Crippen MR) is 72.7 cm³/mol. The van der Waals surface area contributed by atoms with Crippen LogP contribution in [0.1, 0.15) is 58.3 Å². The Morgan fingerprint density at radius 3 is 2.37 bits per heavy atom. The molecule has 0 radical (unpaired) electrons. The molecule has 0 bridgehead atoms. The molecule has 5 heteroatoms. The smallest absolute Gasteiger partial charge is 0.305 e. The van der Waals surface area contributed by atoms with E-state index in [1.807, 2.05) is 0 Å². The van der Waals surface area contributed by atoms with Gasteiger partial charge in [0.2, 0.25) is 0 Å². The number of ether oxygens (including phenoxy) is 1. The summed E-state index contributed by atoms with van der Waals surface area (Å²) in [5.74, 6) is -0.398. The molecule has 0 rings (SSSR count). The second-order valence-corrected chi connectivity index (χ2v) is 4.91. The van der Waals surface area contributed by atoms with Crippen LogP contribution in [0.3, 0.4) is 0 Å². The van der Waals surface area contributed by atoms with Crippen LogP contribution in [-0.4, -0.2) is 46.7 Å². The topological polar surface area (TPSA) is 87.0 Å². The summed E-state index contributed by atoms with van der Waals surface area (Å²) in [5.41, 5.74) is 0. The van der Waals surface area contributed by atoms with Crippen molar-refractivity contribution in [2.45, 2.75) is 70.5 Å². The zero-order chi connectivity index (χ0) is 14.5. The Balaban J connectivity index is 3.42. The van der Waals surface area contributed by atoms with E-state index < -0.39 is 18.7 Å². The highest BCUT2D eigenvalue weighted by Gasteiger charge is 2.09. The Morgan fingerprint density at radius 1 is 1.05 bits per heavy atom. The van der Waals surface area contributed by atoms with Crippen LogP contribution in [0, 0.1) is 0 Å². The van der Waals surface area contributed by atoms with E-state index >= 15 is 0 Å². The third kappa shape index (κ3) is 12.1. The highest BCUT2D eigenvalue weighted by atomic mass is 16.5. The molecule has 3 N–H and O–H groups in total. The Kier molecular flexibility index (Phi) is 12.0. The molecule has 0 aromatic rings. The second kappa shape index (κ2) is 12.4. The van der Waals surface area contributed by atoms with Crippen molar-refractivity contribution in [1.82, 2.24) is 0 Å². The number of aliphatic hydroxyl groups is 3. The van der Waals surface area contributed by atoms with Gasteiger partial charge in [0.1, 0.15) is 12.7 Å². The molecule has 5 nitrogen and oxygen atoms in total. The number of unbranched alkanes of at least 4 members (excludes halogenated alkanes) is 3. The Bertz CT molecular complexity index is 220. The molecule has 0 spiro atoms. The van der Waals surface area contributed by atoms with Gasteiger partial charge in [-0.25, -0.2) is 0 Å². The average Bonchev–Trinajstić information content (AvgIpc) is 2.41. The Hall–Kier alpha value is -0.650. The molecule has 0 aromatic carbocycles. The van der Waals surface area contributed by atoms with Crippen molar-refractivity contribution >= 4 is 5.97 Å². The number of rotatable bonds is 12. The fraction of sp³-hybridized carbons (Fsp3) is 0.929. The van der Waals surface area contributed by atoms with Gasteiger partial charge in [-0.1, -0.05) is 32.6 Å². The third-order valence-electron chi connectivity index (χ3n) is 2.96. The SMILES string of the molecule is CCCCCCC(O)CCCC(=O)OCC(O)CO. The number of esters is 1. The Morgan fingerprint density at radius 2 is 1.74 bits per heavy atom. The van der Waals surface area contributed by atoms with Crippen LogP contribution in [0.15, 0.2) is 0 Å². The molecular weight excluding hydrogens is 248 g/mol. The first-order valence-corrected chi connectivity index (χ1v) is 7.22. The van der Waals surface area contributed by atoms with E-state index in [0.29, 0.717) is 12.8 Å². The van der Waals surface area contributed by atoms with E-state index in [-0.39, 0.29) is 19.1 Å². The lowest BCUT2D eigenvalue weighted by molar-refractivity contribution is -0.147. The fourth-order valence-corrected chi connectivity index (χ4v) is 1.75. The summed E-state index contributed by atoms with van der Waals surface area (Å²) in [6, 6.07) is 0. The summed E-state index contributed by atoms with van der Waals surface area (Å²) < 4.78 is 4.76. The molecule has 2 atom stereocenters. The largest absolute Gasteiger partial charge is 0.463 e. The molecule has 0 aliphatic carbocycles. The summed E-state index contributed by atoms with van der Waals surface area (Å²) in [6.07, 6.45) is 5.43. The highest BCUT2D eigenvalue weighted by molar-refractivity contribution is 5.69. The van der Waals surface area contributed by atoms with Crippen molar-refractivity contribution in [1.29, 1.82) is 0 Å². The molecule has 19 heavy (non-hydrogen) atoms. The first-order chi connectivity index (χ1) is 9.10. The minimum atomic E-state index is -1.01. The maximum absolute atomic E-state index is 11.2. The van der Waals surface area contributed by atoms with Crippen molar-refractivity contribution in [2.75, 3.05) is 13.2 Å². The van der Waals surface area contributed by atoms with Gasteiger partial charge >= 0.3 is 5.97 Å². The molecule has 2 unspecified atom stereocenters. The van der Waals surface area contributed by atoms with Crippen LogP contribution < -0.4 is 0 Å². The lowest BCUT2D eigenvalue weighted by Gasteiger charge is -2.11. The normalized spacial score (nSPS) is 14.1. The molecular formula is C14H28O5. The van der Waals surface area contributed by atoms with Gasteiger partial charge in [0.15, 0.2) is 0 Å². The quantitative estimate of drug-likeness (QED) is 0.370. The number of carbonyl (C=O) groups excluding carboxylic acids is 1. The average molecular weight is 276 g/mol. The zero-order valence-corrected chi connectivity index (χ0v) is 11.9. The lowest BCUT2D eigenvalue weighted by Crippen LogP contribution is -2.22. The van der Waals surface area contributed by atoms with Gasteiger partial charge in [-0.2, -0.15) is 0 Å². The second-order valence-electron chi connectivity index (χ2n) is 4.91. The minimum absolute atomic E-state index is 0.172. The highest BCUT2D eigenvalue weighted by Crippen LogP contribution is 2.11. The lowest BCUT2D eigenvalue weighted by atomic mass is 10.0. The fourth-order valence-electron chi connectivity index (χ4n) is 1.75. The molecule has 0 aliphatic heterocycles. The van der Waals surface area contributed by atoms with E-state index in [0.717, 1.165) is 19.3 Å².